The summed E-state index contributed by atoms with van der Waals surface area (Å²) >= 11 is 0. The molecule has 3 N–H and O–H groups in total. The molecule has 14 heavy (non-hydrogen) atoms. The lowest BCUT2D eigenvalue weighted by Crippen LogP contribution is -2.14. The van der Waals surface area contributed by atoms with Gasteiger partial charge in [0.1, 0.15) is 5.75 Å². The highest BCUT2D eigenvalue weighted by Crippen LogP contribution is 2.23. The summed E-state index contributed by atoms with van der Waals surface area (Å²) in [6.07, 6.45) is 1.78. The van der Waals surface area contributed by atoms with Crippen LogP contribution in [0.3, 0.4) is 0 Å². The Hall–Kier alpha value is -1.13. The molecule has 0 aliphatic heterocycles. The molecule has 0 saturated heterocycles. The Morgan fingerprint density at radius 3 is 2.64 bits per heavy atom. The summed E-state index contributed by atoms with van der Waals surface area (Å²) in [5.41, 5.74) is 8.01. The summed E-state index contributed by atoms with van der Waals surface area (Å²) in [4.78, 5) is 6.13. The molecule has 1 aromatic heterocycles. The van der Waals surface area contributed by atoms with Gasteiger partial charge in [-0.3, -0.25) is 4.98 Å². The van der Waals surface area contributed by atoms with Crippen LogP contribution in [0.5, 0.6) is 5.75 Å². The zero-order chi connectivity index (χ0) is 10.7. The van der Waals surface area contributed by atoms with Crippen molar-refractivity contribution in [1.29, 1.82) is 0 Å². The number of pyridine rings is 1. The number of nitrogens with zero attached hydrogens (tertiary/aromatic N) is 2. The van der Waals surface area contributed by atoms with Crippen molar-refractivity contribution in [3.8, 4) is 5.75 Å². The molecule has 4 heteroatoms. The van der Waals surface area contributed by atoms with Crippen molar-refractivity contribution in [2.24, 2.45) is 5.73 Å². The van der Waals surface area contributed by atoms with Gasteiger partial charge in [-0.15, -0.1) is 0 Å². The van der Waals surface area contributed by atoms with Gasteiger partial charge in [0, 0.05) is 24.8 Å². The maximum absolute atomic E-state index is 9.73. The molecule has 4 nitrogen and oxygen atoms in total. The van der Waals surface area contributed by atoms with E-state index >= 15 is 0 Å². The molecule has 0 spiro atoms. The number of hydrogen-bond acceptors (Lipinski definition) is 4. The summed E-state index contributed by atoms with van der Waals surface area (Å²) in [7, 11) is 3.94. The van der Waals surface area contributed by atoms with E-state index in [-0.39, 0.29) is 5.75 Å². The first-order valence-corrected chi connectivity index (χ1v) is 4.57. The van der Waals surface area contributed by atoms with Crippen LogP contribution < -0.4 is 5.73 Å². The van der Waals surface area contributed by atoms with Crippen molar-refractivity contribution in [3.63, 3.8) is 0 Å². The Morgan fingerprint density at radius 2 is 2.14 bits per heavy atom. The SMILES string of the molecule is Cc1ncc(CN(C)C)c(CN)c1O. The van der Waals surface area contributed by atoms with E-state index in [0.29, 0.717) is 12.2 Å². The lowest BCUT2D eigenvalue weighted by Gasteiger charge is -2.14. The van der Waals surface area contributed by atoms with Crippen LogP contribution in [0.2, 0.25) is 0 Å². The van der Waals surface area contributed by atoms with Crippen molar-refractivity contribution in [1.82, 2.24) is 9.88 Å². The van der Waals surface area contributed by atoms with Crippen LogP contribution in [0, 0.1) is 6.92 Å². The van der Waals surface area contributed by atoms with Crippen molar-refractivity contribution in [3.05, 3.63) is 23.0 Å². The monoisotopic (exact) mass is 195 g/mol. The number of nitrogens with two attached hydrogens (primary N) is 1. The minimum absolute atomic E-state index is 0.229. The fourth-order valence-corrected chi connectivity index (χ4v) is 1.39. The number of rotatable bonds is 3. The Morgan fingerprint density at radius 1 is 1.50 bits per heavy atom. The second-order valence-corrected chi connectivity index (χ2v) is 3.64. The highest BCUT2D eigenvalue weighted by atomic mass is 16.3. The van der Waals surface area contributed by atoms with Gasteiger partial charge in [0.2, 0.25) is 0 Å². The first kappa shape index (κ1) is 10.9. The summed E-state index contributed by atoms with van der Waals surface area (Å²) in [6.45, 7) is 2.86. The molecule has 0 unspecified atom stereocenters. The van der Waals surface area contributed by atoms with Gasteiger partial charge in [-0.25, -0.2) is 0 Å². The van der Waals surface area contributed by atoms with Crippen LogP contribution in [0.4, 0.5) is 0 Å². The second kappa shape index (κ2) is 4.39. The van der Waals surface area contributed by atoms with E-state index in [2.05, 4.69) is 4.98 Å². The zero-order valence-corrected chi connectivity index (χ0v) is 8.91. The topological polar surface area (TPSA) is 62.4 Å². The van der Waals surface area contributed by atoms with E-state index in [1.807, 2.05) is 19.0 Å². The lowest BCUT2D eigenvalue weighted by molar-refractivity contribution is 0.396. The largest absolute Gasteiger partial charge is 0.506 e. The maximum Gasteiger partial charge on any atom is 0.141 e. The molecular formula is C10H17N3O. The van der Waals surface area contributed by atoms with Gasteiger partial charge >= 0.3 is 0 Å². The third-order valence-corrected chi connectivity index (χ3v) is 2.12. The van der Waals surface area contributed by atoms with E-state index in [1.54, 1.807) is 13.1 Å². The van der Waals surface area contributed by atoms with Crippen molar-refractivity contribution in [2.45, 2.75) is 20.0 Å². The molecule has 0 atom stereocenters. The highest BCUT2D eigenvalue weighted by molar-refractivity contribution is 5.40. The minimum atomic E-state index is 0.229. The lowest BCUT2D eigenvalue weighted by atomic mass is 10.1. The summed E-state index contributed by atoms with van der Waals surface area (Å²) in [5, 5.41) is 9.73. The van der Waals surface area contributed by atoms with Crippen molar-refractivity contribution < 1.29 is 5.11 Å². The molecule has 0 amide bonds. The first-order chi connectivity index (χ1) is 6.56. The third kappa shape index (κ3) is 2.21. The molecule has 1 aromatic rings. The van der Waals surface area contributed by atoms with Crippen LogP contribution >= 0.6 is 0 Å². The Bertz CT molecular complexity index is 323. The van der Waals surface area contributed by atoms with Crippen LogP contribution in [0.15, 0.2) is 6.20 Å². The zero-order valence-electron chi connectivity index (χ0n) is 8.91. The average Bonchev–Trinajstić information content (AvgIpc) is 2.11. The fourth-order valence-electron chi connectivity index (χ4n) is 1.39. The number of aromatic hydroxyl groups is 1. The van der Waals surface area contributed by atoms with Crippen molar-refractivity contribution in [2.75, 3.05) is 14.1 Å². The fraction of sp³-hybridized carbons (Fsp3) is 0.500. The van der Waals surface area contributed by atoms with Gasteiger partial charge in [-0.05, 0) is 26.6 Å². The number of hydrogen-bond donors (Lipinski definition) is 2. The van der Waals surface area contributed by atoms with Gasteiger partial charge in [0.05, 0.1) is 5.69 Å². The predicted molar refractivity (Wildman–Crippen MR) is 55.9 cm³/mol. The number of aryl methyl sites for hydroxylation is 1. The molecule has 0 aliphatic carbocycles. The standard InChI is InChI=1S/C10H17N3O/c1-7-10(14)9(4-11)8(5-12-7)6-13(2)3/h5,14H,4,6,11H2,1-3H3. The molecule has 0 bridgehead atoms. The molecule has 1 rings (SSSR count). The molecule has 0 fully saturated rings. The van der Waals surface area contributed by atoms with Gasteiger partial charge in [0.15, 0.2) is 0 Å². The van der Waals surface area contributed by atoms with Gasteiger partial charge in [-0.1, -0.05) is 0 Å². The highest BCUT2D eigenvalue weighted by Gasteiger charge is 2.10. The first-order valence-electron chi connectivity index (χ1n) is 4.57. The predicted octanol–water partition coefficient (Wildman–Crippen LogP) is 0.616. The summed E-state index contributed by atoms with van der Waals surface area (Å²) in [6, 6.07) is 0. The van der Waals surface area contributed by atoms with E-state index < -0.39 is 0 Å². The van der Waals surface area contributed by atoms with E-state index in [9.17, 15) is 5.11 Å². The molecule has 0 aliphatic rings. The Kier molecular flexibility index (Phi) is 3.43. The van der Waals surface area contributed by atoms with Gasteiger partial charge < -0.3 is 15.7 Å². The average molecular weight is 195 g/mol. The third-order valence-electron chi connectivity index (χ3n) is 2.12. The maximum atomic E-state index is 9.73. The van der Waals surface area contributed by atoms with Gasteiger partial charge in [-0.2, -0.15) is 0 Å². The Labute approximate surface area is 84.4 Å². The Balaban J connectivity index is 3.10. The quantitative estimate of drug-likeness (QED) is 0.742. The van der Waals surface area contributed by atoms with E-state index in [4.69, 9.17) is 5.73 Å². The minimum Gasteiger partial charge on any atom is -0.506 e. The molecular weight excluding hydrogens is 178 g/mol. The normalized spacial score (nSPS) is 10.9. The molecule has 0 aromatic carbocycles. The van der Waals surface area contributed by atoms with Crippen LogP contribution in [0.25, 0.3) is 0 Å². The molecule has 1 heterocycles. The van der Waals surface area contributed by atoms with Crippen LogP contribution in [-0.4, -0.2) is 29.1 Å². The van der Waals surface area contributed by atoms with Gasteiger partial charge in [0.25, 0.3) is 0 Å². The van der Waals surface area contributed by atoms with Crippen LogP contribution in [-0.2, 0) is 13.1 Å². The van der Waals surface area contributed by atoms with E-state index in [1.165, 1.54) is 0 Å². The summed E-state index contributed by atoms with van der Waals surface area (Å²) < 4.78 is 0. The smallest absolute Gasteiger partial charge is 0.141 e. The second-order valence-electron chi connectivity index (χ2n) is 3.64. The summed E-state index contributed by atoms with van der Waals surface area (Å²) in [5.74, 6) is 0.229. The van der Waals surface area contributed by atoms with E-state index in [0.717, 1.165) is 17.7 Å². The molecule has 78 valence electrons. The van der Waals surface area contributed by atoms with Crippen molar-refractivity contribution >= 4 is 0 Å². The molecule has 0 radical (unpaired) electrons. The van der Waals surface area contributed by atoms with Crippen LogP contribution in [0.1, 0.15) is 16.8 Å². The number of aromatic nitrogens is 1. The molecule has 0 saturated carbocycles.